The highest BCUT2D eigenvalue weighted by atomic mass is 16.5. The molecule has 1 aromatic carbocycles. The number of nitrogens with zero attached hydrogens (tertiary/aromatic N) is 4. The fourth-order valence-corrected chi connectivity index (χ4v) is 5.32. The first-order chi connectivity index (χ1) is 21.8. The highest BCUT2D eigenvalue weighted by Crippen LogP contribution is 2.26. The van der Waals surface area contributed by atoms with E-state index in [2.05, 4.69) is 39.8 Å². The summed E-state index contributed by atoms with van der Waals surface area (Å²) in [6, 6.07) is 5.68. The highest BCUT2D eigenvalue weighted by molar-refractivity contribution is 6.09. The zero-order valence-electron chi connectivity index (χ0n) is 28.8. The third-order valence-electron chi connectivity index (χ3n) is 7.54. The number of ketones is 1. The molecule has 46 heavy (non-hydrogen) atoms. The van der Waals surface area contributed by atoms with Crippen LogP contribution in [0.25, 0.3) is 0 Å². The van der Waals surface area contributed by atoms with Crippen molar-refractivity contribution >= 4 is 35.7 Å². The lowest BCUT2D eigenvalue weighted by atomic mass is 10.0. The largest absolute Gasteiger partial charge is 0.469 e. The topological polar surface area (TPSA) is 104 Å². The number of para-hydroxylation sites is 1. The molecule has 9 heteroatoms. The Morgan fingerprint density at radius 2 is 1.54 bits per heavy atom. The minimum absolute atomic E-state index is 0. The van der Waals surface area contributed by atoms with E-state index in [9.17, 15) is 9.59 Å². The molecule has 1 N–H and O–H groups in total. The molecule has 0 aromatic heterocycles. The number of hydrogen-bond acceptors (Lipinski definition) is 9. The standard InChI is InChI=1S/C26H35N5O3.C5H10.C2H6.C2H4.CH2O.CH4/c1-6-27-26-22(8-7-9-23(26)20(4)32)18(2)28-10-11-30-12-14-31(15-13-30)24-16-21(29-19(24)3)17-25(33)34-5;1-2-4-5-3-1;3*1-2;/h6-9,27H,1,10-17H2,2-5H3;1-5H2;1-2H3;1-2H2;1H2;1H4. The number of allylic oxidation sites excluding steroid dienone is 2. The van der Waals surface area contributed by atoms with Gasteiger partial charge in [-0.3, -0.25) is 24.5 Å². The van der Waals surface area contributed by atoms with Crippen LogP contribution in [0.15, 0.2) is 65.5 Å². The van der Waals surface area contributed by atoms with E-state index < -0.39 is 0 Å². The lowest BCUT2D eigenvalue weighted by Crippen LogP contribution is -2.46. The van der Waals surface area contributed by atoms with E-state index in [0.29, 0.717) is 12.1 Å². The third kappa shape index (κ3) is 15.0. The summed E-state index contributed by atoms with van der Waals surface area (Å²) in [6.45, 7) is 26.7. The predicted octanol–water partition coefficient (Wildman–Crippen LogP) is 7.74. The SMILES string of the molecule is C.C1CCCC1.C=C.C=CNc1c(C(C)=O)cccc1C(C)=NCCN1CCN(C2=C(C)N=C(CC(=O)OC)C2)CC1.C=O.CC. The Kier molecular flexibility index (Phi) is 25.4. The molecule has 4 rings (SSSR count). The molecular formula is C37H61N5O4. The van der Waals surface area contributed by atoms with E-state index in [4.69, 9.17) is 14.5 Å². The molecule has 1 saturated carbocycles. The average molecular weight is 640 g/mol. The molecule has 2 heterocycles. The van der Waals surface area contributed by atoms with Crippen LogP contribution in [0.5, 0.6) is 0 Å². The van der Waals surface area contributed by atoms with Gasteiger partial charge in [-0.1, -0.05) is 72.1 Å². The lowest BCUT2D eigenvalue weighted by molar-refractivity contribution is -0.139. The number of nitrogens with one attached hydrogen (secondary N) is 1. The van der Waals surface area contributed by atoms with Crippen molar-refractivity contribution in [2.24, 2.45) is 9.98 Å². The number of hydrogen-bond donors (Lipinski definition) is 1. The first-order valence-corrected chi connectivity index (χ1v) is 16.0. The highest BCUT2D eigenvalue weighted by Gasteiger charge is 2.25. The molecule has 2 aliphatic heterocycles. The number of Topliss-reactive ketones (excluding diaryl/α,β-unsaturated/α-hetero) is 1. The zero-order chi connectivity index (χ0) is 34.2. The van der Waals surface area contributed by atoms with Crippen molar-refractivity contribution in [2.45, 2.75) is 87.0 Å². The van der Waals surface area contributed by atoms with Crippen molar-refractivity contribution in [2.75, 3.05) is 51.7 Å². The predicted molar refractivity (Wildman–Crippen MR) is 196 cm³/mol. The van der Waals surface area contributed by atoms with E-state index >= 15 is 0 Å². The molecular weight excluding hydrogens is 578 g/mol. The Morgan fingerprint density at radius 1 is 1.00 bits per heavy atom. The number of piperazine rings is 1. The van der Waals surface area contributed by atoms with Gasteiger partial charge < -0.3 is 19.7 Å². The molecule has 258 valence electrons. The Morgan fingerprint density at radius 3 is 2.04 bits per heavy atom. The van der Waals surface area contributed by atoms with E-state index in [0.717, 1.165) is 67.5 Å². The maximum Gasteiger partial charge on any atom is 0.311 e. The molecule has 3 aliphatic rings. The fourth-order valence-electron chi connectivity index (χ4n) is 5.32. The fraction of sp³-hybridized carbons (Fsp3) is 0.541. The zero-order valence-corrected chi connectivity index (χ0v) is 28.8. The lowest BCUT2D eigenvalue weighted by Gasteiger charge is -2.36. The number of carbonyl (C=O) groups excluding carboxylic acids is 3. The monoisotopic (exact) mass is 639 g/mol. The maximum atomic E-state index is 12.0. The molecule has 0 radical (unpaired) electrons. The van der Waals surface area contributed by atoms with Crippen LogP contribution in [0, 0.1) is 0 Å². The number of rotatable bonds is 10. The second kappa shape index (κ2) is 26.4. The average Bonchev–Trinajstić information content (AvgIpc) is 3.78. The summed E-state index contributed by atoms with van der Waals surface area (Å²) >= 11 is 0. The van der Waals surface area contributed by atoms with Gasteiger partial charge in [-0.15, -0.1) is 13.2 Å². The van der Waals surface area contributed by atoms with Crippen LogP contribution in [-0.2, 0) is 14.3 Å². The van der Waals surface area contributed by atoms with Gasteiger partial charge in [0.1, 0.15) is 6.79 Å². The number of carbonyl (C=O) groups is 3. The van der Waals surface area contributed by atoms with Gasteiger partial charge in [-0.25, -0.2) is 0 Å². The number of methoxy groups -OCH3 is 1. The molecule has 1 saturated heterocycles. The number of anilines is 1. The van der Waals surface area contributed by atoms with Crippen molar-refractivity contribution in [1.29, 1.82) is 0 Å². The Hall–Kier alpha value is -3.85. The van der Waals surface area contributed by atoms with Crippen molar-refractivity contribution in [3.63, 3.8) is 0 Å². The molecule has 9 nitrogen and oxygen atoms in total. The molecule has 0 atom stereocenters. The minimum atomic E-state index is -0.242. The summed E-state index contributed by atoms with van der Waals surface area (Å²) in [5.41, 5.74) is 6.32. The number of esters is 1. The number of benzene rings is 1. The van der Waals surface area contributed by atoms with Gasteiger partial charge in [0.25, 0.3) is 0 Å². The van der Waals surface area contributed by atoms with Crippen molar-refractivity contribution < 1.29 is 19.1 Å². The summed E-state index contributed by atoms with van der Waals surface area (Å²) in [5, 5.41) is 3.11. The summed E-state index contributed by atoms with van der Waals surface area (Å²) < 4.78 is 4.77. The minimum Gasteiger partial charge on any atom is -0.469 e. The van der Waals surface area contributed by atoms with Gasteiger partial charge in [0.05, 0.1) is 31.5 Å². The van der Waals surface area contributed by atoms with Gasteiger partial charge in [0.2, 0.25) is 0 Å². The van der Waals surface area contributed by atoms with Crippen molar-refractivity contribution in [3.05, 3.63) is 66.7 Å². The molecule has 0 bridgehead atoms. The van der Waals surface area contributed by atoms with Crippen LogP contribution in [-0.4, -0.2) is 86.1 Å². The summed E-state index contributed by atoms with van der Waals surface area (Å²) in [7, 11) is 1.41. The molecule has 1 aliphatic carbocycles. The first kappa shape index (κ1) is 44.3. The maximum absolute atomic E-state index is 12.0. The van der Waals surface area contributed by atoms with Gasteiger partial charge in [0.15, 0.2) is 5.78 Å². The van der Waals surface area contributed by atoms with Crippen LogP contribution >= 0.6 is 0 Å². The second-order valence-electron chi connectivity index (χ2n) is 10.3. The van der Waals surface area contributed by atoms with Gasteiger partial charge >= 0.3 is 5.97 Å². The Bertz CT molecular complexity index is 1140. The van der Waals surface area contributed by atoms with Crippen LogP contribution < -0.4 is 5.32 Å². The normalized spacial score (nSPS) is 15.5. The molecule has 0 unspecified atom stereocenters. The first-order valence-electron chi connectivity index (χ1n) is 16.0. The smallest absolute Gasteiger partial charge is 0.311 e. The summed E-state index contributed by atoms with van der Waals surface area (Å²) in [6.07, 6.45) is 10.1. The van der Waals surface area contributed by atoms with Crippen molar-refractivity contribution in [1.82, 2.24) is 9.80 Å². The summed E-state index contributed by atoms with van der Waals surface area (Å²) in [5.74, 6) is -0.235. The molecule has 2 fully saturated rings. The number of aliphatic imine (C=N–C) groups is 2. The van der Waals surface area contributed by atoms with Crippen LogP contribution in [0.4, 0.5) is 5.69 Å². The number of ether oxygens (including phenoxy) is 1. The van der Waals surface area contributed by atoms with Crippen molar-refractivity contribution in [3.8, 4) is 0 Å². The van der Waals surface area contributed by atoms with E-state index in [1.54, 1.807) is 13.1 Å². The van der Waals surface area contributed by atoms with E-state index in [-0.39, 0.29) is 25.6 Å². The van der Waals surface area contributed by atoms with Gasteiger partial charge in [-0.05, 0) is 33.0 Å². The Labute approximate surface area is 279 Å². The Balaban J connectivity index is 0. The van der Waals surface area contributed by atoms with E-state index in [1.807, 2.05) is 52.7 Å². The third-order valence-corrected chi connectivity index (χ3v) is 7.54. The van der Waals surface area contributed by atoms with E-state index in [1.165, 1.54) is 44.9 Å². The summed E-state index contributed by atoms with van der Waals surface area (Å²) in [4.78, 5) is 45.7. The quantitative estimate of drug-likeness (QED) is 0.121. The van der Waals surface area contributed by atoms with Gasteiger partial charge in [0, 0.05) is 67.4 Å². The van der Waals surface area contributed by atoms with Crippen LogP contribution in [0.1, 0.15) is 103 Å². The van der Waals surface area contributed by atoms with Gasteiger partial charge in [-0.2, -0.15) is 0 Å². The van der Waals surface area contributed by atoms with Crippen LogP contribution in [0.2, 0.25) is 0 Å². The van der Waals surface area contributed by atoms with Crippen LogP contribution in [0.3, 0.4) is 0 Å². The molecule has 1 aromatic rings. The molecule has 0 amide bonds. The molecule has 0 spiro atoms. The second-order valence-corrected chi connectivity index (χ2v) is 10.3.